The number of rotatable bonds is 2. The summed E-state index contributed by atoms with van der Waals surface area (Å²) >= 11 is 0. The molecule has 1 heterocycles. The predicted molar refractivity (Wildman–Crippen MR) is 51.1 cm³/mol. The van der Waals surface area contributed by atoms with E-state index in [1.54, 1.807) is 0 Å². The van der Waals surface area contributed by atoms with E-state index in [0.717, 1.165) is 25.9 Å². The molecular weight excluding hydrogens is 150 g/mol. The van der Waals surface area contributed by atoms with Gasteiger partial charge in [0.25, 0.3) is 0 Å². The smallest absolute Gasteiger partial charge is 0.0667 e. The summed E-state index contributed by atoms with van der Waals surface area (Å²) in [6, 6.07) is 0.663. The highest BCUT2D eigenvalue weighted by Crippen LogP contribution is 2.17. The van der Waals surface area contributed by atoms with Crippen LogP contribution >= 0.6 is 0 Å². The molecule has 1 aliphatic heterocycles. The summed E-state index contributed by atoms with van der Waals surface area (Å²) < 4.78 is 0. The fourth-order valence-corrected chi connectivity index (χ4v) is 1.88. The van der Waals surface area contributed by atoms with Crippen LogP contribution in [0.25, 0.3) is 0 Å². The largest absolute Gasteiger partial charge is 0.392 e. The number of nitrogens with zero attached hydrogens (tertiary/aromatic N) is 1. The van der Waals surface area contributed by atoms with Gasteiger partial charge in [0.15, 0.2) is 0 Å². The summed E-state index contributed by atoms with van der Waals surface area (Å²) in [5.41, 5.74) is 0. The summed E-state index contributed by atoms with van der Waals surface area (Å²) in [4.78, 5) is 2.40. The first-order valence-corrected chi connectivity index (χ1v) is 5.01. The van der Waals surface area contributed by atoms with E-state index in [1.807, 2.05) is 0 Å². The van der Waals surface area contributed by atoms with Crippen LogP contribution in [0, 0.1) is 5.92 Å². The Kier molecular flexibility index (Phi) is 3.53. The molecule has 1 aliphatic rings. The number of hydrogen-bond donors (Lipinski definition) is 1. The molecule has 1 saturated heterocycles. The lowest BCUT2D eigenvalue weighted by molar-refractivity contribution is 0.0348. The summed E-state index contributed by atoms with van der Waals surface area (Å²) in [5, 5.41) is 9.47. The fraction of sp³-hybridized carbons (Fsp3) is 1.00. The lowest BCUT2D eigenvalue weighted by Crippen LogP contribution is -2.45. The molecule has 72 valence electrons. The lowest BCUT2D eigenvalue weighted by Gasteiger charge is -2.36. The van der Waals surface area contributed by atoms with Gasteiger partial charge in [0, 0.05) is 19.1 Å². The minimum Gasteiger partial charge on any atom is -0.392 e. The van der Waals surface area contributed by atoms with Crippen molar-refractivity contribution in [3.05, 3.63) is 0 Å². The van der Waals surface area contributed by atoms with E-state index in [2.05, 4.69) is 25.7 Å². The predicted octanol–water partition coefficient (Wildman–Crippen LogP) is 1.49. The Hall–Kier alpha value is -0.0800. The van der Waals surface area contributed by atoms with Gasteiger partial charge in [0.1, 0.15) is 0 Å². The van der Waals surface area contributed by atoms with Gasteiger partial charge in [-0.3, -0.25) is 4.90 Å². The lowest BCUT2D eigenvalue weighted by atomic mass is 10.00. The van der Waals surface area contributed by atoms with Gasteiger partial charge in [-0.25, -0.2) is 0 Å². The van der Waals surface area contributed by atoms with Gasteiger partial charge in [0.05, 0.1) is 6.10 Å². The van der Waals surface area contributed by atoms with Crippen LogP contribution in [-0.4, -0.2) is 35.2 Å². The van der Waals surface area contributed by atoms with E-state index in [-0.39, 0.29) is 6.10 Å². The fourth-order valence-electron chi connectivity index (χ4n) is 1.88. The van der Waals surface area contributed by atoms with Gasteiger partial charge in [0.2, 0.25) is 0 Å². The minimum absolute atomic E-state index is 0.0834. The third-order valence-corrected chi connectivity index (χ3v) is 2.59. The van der Waals surface area contributed by atoms with Crippen molar-refractivity contribution >= 4 is 0 Å². The SMILES string of the molecule is CC(C)CN1CC(O)CCC1C. The van der Waals surface area contributed by atoms with Gasteiger partial charge in [-0.1, -0.05) is 13.8 Å². The van der Waals surface area contributed by atoms with Gasteiger partial charge in [-0.05, 0) is 25.7 Å². The van der Waals surface area contributed by atoms with Crippen LogP contribution in [-0.2, 0) is 0 Å². The van der Waals surface area contributed by atoms with Crippen molar-refractivity contribution in [2.75, 3.05) is 13.1 Å². The second-order valence-corrected chi connectivity index (χ2v) is 4.43. The van der Waals surface area contributed by atoms with E-state index < -0.39 is 0 Å². The molecule has 12 heavy (non-hydrogen) atoms. The normalized spacial score (nSPS) is 32.8. The quantitative estimate of drug-likeness (QED) is 0.680. The topological polar surface area (TPSA) is 23.5 Å². The minimum atomic E-state index is -0.0834. The van der Waals surface area contributed by atoms with Crippen molar-refractivity contribution in [3.63, 3.8) is 0 Å². The Morgan fingerprint density at radius 1 is 1.42 bits per heavy atom. The molecule has 0 aromatic heterocycles. The van der Waals surface area contributed by atoms with Crippen LogP contribution in [0.2, 0.25) is 0 Å². The molecule has 1 fully saturated rings. The molecule has 2 heteroatoms. The first-order valence-electron chi connectivity index (χ1n) is 5.01. The van der Waals surface area contributed by atoms with Crippen LogP contribution in [0.15, 0.2) is 0 Å². The molecule has 0 amide bonds. The molecule has 2 atom stereocenters. The van der Waals surface area contributed by atoms with Crippen LogP contribution in [0.3, 0.4) is 0 Å². The molecule has 2 nitrogen and oxygen atoms in total. The maximum absolute atomic E-state index is 9.47. The van der Waals surface area contributed by atoms with Crippen molar-refractivity contribution in [1.29, 1.82) is 0 Å². The Balaban J connectivity index is 2.38. The summed E-state index contributed by atoms with van der Waals surface area (Å²) in [5.74, 6) is 0.706. The van der Waals surface area contributed by atoms with Crippen molar-refractivity contribution in [2.24, 2.45) is 5.92 Å². The number of hydrogen-bond acceptors (Lipinski definition) is 2. The van der Waals surface area contributed by atoms with Crippen LogP contribution in [0.5, 0.6) is 0 Å². The zero-order valence-corrected chi connectivity index (χ0v) is 8.45. The second-order valence-electron chi connectivity index (χ2n) is 4.43. The number of piperidine rings is 1. The average molecular weight is 171 g/mol. The summed E-state index contributed by atoms with van der Waals surface area (Å²) in [7, 11) is 0. The van der Waals surface area contributed by atoms with E-state index in [9.17, 15) is 5.11 Å². The molecular formula is C10H21NO. The van der Waals surface area contributed by atoms with Crippen molar-refractivity contribution in [2.45, 2.75) is 45.8 Å². The van der Waals surface area contributed by atoms with Gasteiger partial charge in [-0.2, -0.15) is 0 Å². The maximum Gasteiger partial charge on any atom is 0.0667 e. The summed E-state index contributed by atoms with van der Waals surface area (Å²) in [6.45, 7) is 8.72. The number of aliphatic hydroxyl groups is 1. The monoisotopic (exact) mass is 171 g/mol. The number of aliphatic hydroxyl groups excluding tert-OH is 1. The van der Waals surface area contributed by atoms with Crippen LogP contribution in [0.4, 0.5) is 0 Å². The average Bonchev–Trinajstić information content (AvgIpc) is 1.96. The van der Waals surface area contributed by atoms with Crippen molar-refractivity contribution < 1.29 is 5.11 Å². The van der Waals surface area contributed by atoms with E-state index in [4.69, 9.17) is 0 Å². The molecule has 0 radical (unpaired) electrons. The molecule has 0 saturated carbocycles. The van der Waals surface area contributed by atoms with Crippen molar-refractivity contribution in [3.8, 4) is 0 Å². The highest BCUT2D eigenvalue weighted by Gasteiger charge is 2.23. The molecule has 0 aliphatic carbocycles. The first-order chi connectivity index (χ1) is 5.59. The Morgan fingerprint density at radius 3 is 2.67 bits per heavy atom. The highest BCUT2D eigenvalue weighted by atomic mass is 16.3. The molecule has 0 aromatic rings. The van der Waals surface area contributed by atoms with Gasteiger partial charge in [-0.15, -0.1) is 0 Å². The van der Waals surface area contributed by atoms with E-state index in [1.165, 1.54) is 0 Å². The zero-order valence-electron chi connectivity index (χ0n) is 8.45. The molecule has 0 spiro atoms. The van der Waals surface area contributed by atoms with E-state index >= 15 is 0 Å². The molecule has 1 rings (SSSR count). The molecule has 0 aromatic carbocycles. The Labute approximate surface area is 75.6 Å². The number of β-amino-alcohol motifs (C(OH)–C–C–N with tert-alkyl or cyclic N) is 1. The Bertz CT molecular complexity index is 134. The van der Waals surface area contributed by atoms with Gasteiger partial charge < -0.3 is 5.11 Å². The highest BCUT2D eigenvalue weighted by molar-refractivity contribution is 4.78. The Morgan fingerprint density at radius 2 is 2.08 bits per heavy atom. The van der Waals surface area contributed by atoms with E-state index in [0.29, 0.717) is 12.0 Å². The molecule has 2 unspecified atom stereocenters. The number of likely N-dealkylation sites (tertiary alicyclic amines) is 1. The molecule has 0 bridgehead atoms. The van der Waals surface area contributed by atoms with Crippen LogP contribution in [0.1, 0.15) is 33.6 Å². The van der Waals surface area contributed by atoms with Gasteiger partial charge >= 0.3 is 0 Å². The van der Waals surface area contributed by atoms with Crippen molar-refractivity contribution in [1.82, 2.24) is 4.90 Å². The maximum atomic E-state index is 9.47. The molecule has 1 N–H and O–H groups in total. The first kappa shape index (κ1) is 10.0. The third-order valence-electron chi connectivity index (χ3n) is 2.59. The zero-order chi connectivity index (χ0) is 9.14. The summed E-state index contributed by atoms with van der Waals surface area (Å²) in [6.07, 6.45) is 2.05. The second kappa shape index (κ2) is 4.24. The third kappa shape index (κ3) is 2.76. The van der Waals surface area contributed by atoms with Crippen LogP contribution < -0.4 is 0 Å². The standard InChI is InChI=1S/C10H21NO/c1-8(2)6-11-7-10(12)5-4-9(11)3/h8-10,12H,4-7H2,1-3H3.